The number of aromatic nitrogens is 1. The van der Waals surface area contributed by atoms with Crippen molar-refractivity contribution in [3.8, 4) is 6.07 Å². The Morgan fingerprint density at radius 3 is 2.56 bits per heavy atom. The molecule has 1 unspecified atom stereocenters. The van der Waals surface area contributed by atoms with Crippen LogP contribution in [0.4, 0.5) is 0 Å². The number of unbranched alkanes of at least 4 members (excludes halogenated alkanes) is 1. The Morgan fingerprint density at radius 2 is 1.80 bits per heavy atom. The van der Waals surface area contributed by atoms with Crippen LogP contribution in [0, 0.1) is 11.3 Å². The summed E-state index contributed by atoms with van der Waals surface area (Å²) in [6.07, 6.45) is 6.06. The molecular weight excluding hydrogens is 308 g/mol. The molecule has 25 heavy (non-hydrogen) atoms. The normalized spacial score (nSPS) is 18.4. The van der Waals surface area contributed by atoms with E-state index in [1.165, 1.54) is 0 Å². The highest BCUT2D eigenvalue weighted by Crippen LogP contribution is 2.47. The van der Waals surface area contributed by atoms with Crippen molar-refractivity contribution in [1.82, 2.24) is 4.98 Å². The summed E-state index contributed by atoms with van der Waals surface area (Å²) in [6.45, 7) is 0. The van der Waals surface area contributed by atoms with Crippen LogP contribution in [0.25, 0.3) is 10.8 Å². The molecule has 3 nitrogen and oxygen atoms in total. The number of hydrogen-bond donors (Lipinski definition) is 0. The zero-order valence-corrected chi connectivity index (χ0v) is 13.9. The Bertz CT molecular complexity index is 983. The minimum absolute atomic E-state index is 0.189. The third kappa shape index (κ3) is 2.42. The van der Waals surface area contributed by atoms with Crippen molar-refractivity contribution >= 4 is 16.6 Å². The molecule has 1 heterocycles. The number of Topliss-reactive ketones (excluding diaryl/α,β-unsaturated/α-hetero) is 1. The Labute approximate surface area is 146 Å². The van der Waals surface area contributed by atoms with Gasteiger partial charge in [-0.25, -0.2) is 0 Å². The Kier molecular flexibility index (Phi) is 3.82. The van der Waals surface area contributed by atoms with Crippen LogP contribution < -0.4 is 0 Å². The number of ketones is 1. The van der Waals surface area contributed by atoms with Gasteiger partial charge >= 0.3 is 0 Å². The van der Waals surface area contributed by atoms with Crippen LogP contribution in [0.2, 0.25) is 0 Å². The molecule has 1 atom stereocenters. The summed E-state index contributed by atoms with van der Waals surface area (Å²) in [4.78, 5) is 17.6. The first kappa shape index (κ1) is 15.5. The van der Waals surface area contributed by atoms with Gasteiger partial charge in [0.25, 0.3) is 0 Å². The second-order valence-electron chi connectivity index (χ2n) is 6.66. The molecule has 0 saturated carbocycles. The molecule has 0 bridgehead atoms. The number of hydrogen-bond acceptors (Lipinski definition) is 3. The minimum atomic E-state index is -0.582. The molecule has 0 spiro atoms. The van der Waals surface area contributed by atoms with Gasteiger partial charge in [-0.05, 0) is 53.3 Å². The van der Waals surface area contributed by atoms with Crippen molar-refractivity contribution in [2.45, 2.75) is 31.1 Å². The number of benzene rings is 2. The molecular formula is C22H18N2O. The molecule has 0 amide bonds. The molecule has 0 saturated heterocycles. The average molecular weight is 326 g/mol. The molecule has 3 heteroatoms. The highest BCUT2D eigenvalue weighted by Gasteiger charge is 2.46. The van der Waals surface area contributed by atoms with Gasteiger partial charge in [0.05, 0.1) is 11.5 Å². The first-order valence-electron chi connectivity index (χ1n) is 8.59. The van der Waals surface area contributed by atoms with Crippen LogP contribution in [0.5, 0.6) is 0 Å². The zero-order valence-electron chi connectivity index (χ0n) is 13.9. The van der Waals surface area contributed by atoms with Crippen molar-refractivity contribution in [2.75, 3.05) is 0 Å². The number of nitriles is 1. The number of carbonyl (C=O) groups is 1. The molecule has 0 radical (unpaired) electrons. The van der Waals surface area contributed by atoms with Gasteiger partial charge in [-0.3, -0.25) is 9.78 Å². The topological polar surface area (TPSA) is 53.8 Å². The maximum Gasteiger partial charge on any atom is 0.174 e. The lowest BCUT2D eigenvalue weighted by Crippen LogP contribution is -2.34. The minimum Gasteiger partial charge on any atom is -0.293 e. The molecule has 2 aromatic carbocycles. The zero-order chi connectivity index (χ0) is 17.3. The number of rotatable bonds is 5. The molecule has 0 aliphatic heterocycles. The lowest BCUT2D eigenvalue weighted by atomic mass is 9.71. The van der Waals surface area contributed by atoms with E-state index in [4.69, 9.17) is 5.26 Å². The van der Waals surface area contributed by atoms with Gasteiger partial charge in [-0.2, -0.15) is 5.26 Å². The number of pyridine rings is 1. The predicted molar refractivity (Wildman–Crippen MR) is 97.4 cm³/mol. The summed E-state index contributed by atoms with van der Waals surface area (Å²) in [5, 5.41) is 11.2. The standard InChI is InChI=1S/C22H18N2O/c23-12-2-1-11-22(15-16-9-13-24-14-10-16)19-8-4-6-17-5-3-7-18(20(17)19)21(22)25/h3-10,13-14H,1-2,11,15H2. The van der Waals surface area contributed by atoms with E-state index in [-0.39, 0.29) is 5.78 Å². The number of nitrogens with zero attached hydrogens (tertiary/aromatic N) is 2. The van der Waals surface area contributed by atoms with Crippen molar-refractivity contribution in [3.63, 3.8) is 0 Å². The fraction of sp³-hybridized carbons (Fsp3) is 0.227. The number of carbonyl (C=O) groups excluding carboxylic acids is 1. The predicted octanol–water partition coefficient (Wildman–Crippen LogP) is 4.61. The van der Waals surface area contributed by atoms with Crippen molar-refractivity contribution in [2.24, 2.45) is 0 Å². The Hall–Kier alpha value is -2.99. The lowest BCUT2D eigenvalue weighted by Gasteiger charge is -2.29. The fourth-order valence-electron chi connectivity index (χ4n) is 4.14. The smallest absolute Gasteiger partial charge is 0.174 e. The van der Waals surface area contributed by atoms with Crippen molar-refractivity contribution in [1.29, 1.82) is 5.26 Å². The van der Waals surface area contributed by atoms with E-state index in [2.05, 4.69) is 29.3 Å². The summed E-state index contributed by atoms with van der Waals surface area (Å²) in [5.41, 5.74) is 2.45. The maximum atomic E-state index is 13.5. The van der Waals surface area contributed by atoms with E-state index in [9.17, 15) is 4.79 Å². The van der Waals surface area contributed by atoms with E-state index in [1.54, 1.807) is 12.4 Å². The molecule has 122 valence electrons. The molecule has 4 rings (SSSR count). The molecule has 1 aromatic heterocycles. The van der Waals surface area contributed by atoms with Gasteiger partial charge in [-0.1, -0.05) is 36.4 Å². The fourth-order valence-corrected chi connectivity index (χ4v) is 4.14. The van der Waals surface area contributed by atoms with Crippen LogP contribution in [0.3, 0.4) is 0 Å². The first-order chi connectivity index (χ1) is 12.3. The van der Waals surface area contributed by atoms with Gasteiger partial charge in [0.1, 0.15) is 0 Å². The summed E-state index contributed by atoms with van der Waals surface area (Å²) in [5.74, 6) is 0.189. The van der Waals surface area contributed by atoms with Crippen LogP contribution in [-0.2, 0) is 11.8 Å². The molecule has 1 aliphatic rings. The van der Waals surface area contributed by atoms with Crippen molar-refractivity contribution in [3.05, 3.63) is 77.6 Å². The second-order valence-corrected chi connectivity index (χ2v) is 6.66. The third-order valence-electron chi connectivity index (χ3n) is 5.25. The van der Waals surface area contributed by atoms with Crippen LogP contribution in [-0.4, -0.2) is 10.8 Å². The van der Waals surface area contributed by atoms with E-state index in [0.29, 0.717) is 19.3 Å². The Balaban J connectivity index is 1.88. The monoisotopic (exact) mass is 326 g/mol. The van der Waals surface area contributed by atoms with Crippen LogP contribution in [0.1, 0.15) is 40.7 Å². The lowest BCUT2D eigenvalue weighted by molar-refractivity contribution is 0.0883. The van der Waals surface area contributed by atoms with Gasteiger partial charge in [-0.15, -0.1) is 0 Å². The molecule has 3 aromatic rings. The summed E-state index contributed by atoms with van der Waals surface area (Å²) in [7, 11) is 0. The van der Waals surface area contributed by atoms with E-state index in [0.717, 1.165) is 33.9 Å². The SMILES string of the molecule is N#CCCCC1(Cc2ccncc2)C(=O)c2cccc3cccc1c23. The average Bonchev–Trinajstić information content (AvgIpc) is 2.88. The summed E-state index contributed by atoms with van der Waals surface area (Å²) < 4.78 is 0. The summed E-state index contributed by atoms with van der Waals surface area (Å²) >= 11 is 0. The van der Waals surface area contributed by atoms with E-state index < -0.39 is 5.41 Å². The van der Waals surface area contributed by atoms with E-state index in [1.807, 2.05) is 30.3 Å². The largest absolute Gasteiger partial charge is 0.293 e. The second kappa shape index (κ2) is 6.14. The van der Waals surface area contributed by atoms with Crippen molar-refractivity contribution < 1.29 is 4.79 Å². The molecule has 0 fully saturated rings. The van der Waals surface area contributed by atoms with Gasteiger partial charge in [0.15, 0.2) is 5.78 Å². The highest BCUT2D eigenvalue weighted by atomic mass is 16.1. The highest BCUT2D eigenvalue weighted by molar-refractivity contribution is 6.20. The van der Waals surface area contributed by atoms with Gasteiger partial charge in [0, 0.05) is 24.4 Å². The van der Waals surface area contributed by atoms with Crippen LogP contribution >= 0.6 is 0 Å². The Morgan fingerprint density at radius 1 is 1.04 bits per heavy atom. The summed E-state index contributed by atoms with van der Waals surface area (Å²) in [6, 6.07) is 18.3. The quantitative estimate of drug-likeness (QED) is 0.644. The first-order valence-corrected chi connectivity index (χ1v) is 8.59. The maximum absolute atomic E-state index is 13.5. The molecule has 1 aliphatic carbocycles. The van der Waals surface area contributed by atoms with Gasteiger partial charge in [0.2, 0.25) is 0 Å². The molecule has 0 N–H and O–H groups in total. The third-order valence-corrected chi connectivity index (χ3v) is 5.25. The van der Waals surface area contributed by atoms with Gasteiger partial charge < -0.3 is 0 Å². The van der Waals surface area contributed by atoms with Crippen LogP contribution in [0.15, 0.2) is 60.9 Å². The van der Waals surface area contributed by atoms with E-state index >= 15 is 0 Å².